The third kappa shape index (κ3) is 2.81. The Kier molecular flexibility index (Phi) is 4.05. The monoisotopic (exact) mass is 314 g/mol. The zero-order valence-electron chi connectivity index (χ0n) is 10.7. The zero-order valence-corrected chi connectivity index (χ0v) is 12.3. The molecule has 2 aromatic heterocycles. The van der Waals surface area contributed by atoms with Gasteiger partial charge in [-0.25, -0.2) is 0 Å². The van der Waals surface area contributed by atoms with Gasteiger partial charge in [-0.1, -0.05) is 11.6 Å². The van der Waals surface area contributed by atoms with Crippen molar-refractivity contribution in [1.82, 2.24) is 15.1 Å². The number of carbonyl (C=O) groups excluding carboxylic acids is 1. The van der Waals surface area contributed by atoms with Crippen LogP contribution in [-0.4, -0.2) is 33.0 Å². The van der Waals surface area contributed by atoms with Gasteiger partial charge < -0.3 is 4.90 Å². The van der Waals surface area contributed by atoms with E-state index in [1.54, 1.807) is 19.2 Å². The Labute approximate surface area is 123 Å². The van der Waals surface area contributed by atoms with Crippen molar-refractivity contribution in [2.24, 2.45) is 0 Å². The molecule has 0 saturated carbocycles. The Hall–Kier alpha value is -1.93. The lowest BCUT2D eigenvalue weighted by Crippen LogP contribution is -2.26. The lowest BCUT2D eigenvalue weighted by molar-refractivity contribution is -0.385. The number of nitrogens with zero attached hydrogens (tertiary/aromatic N) is 3. The van der Waals surface area contributed by atoms with Crippen LogP contribution in [0.1, 0.15) is 21.1 Å². The highest BCUT2D eigenvalue weighted by molar-refractivity contribution is 7.16. The molecule has 0 unspecified atom stereocenters. The Morgan fingerprint density at radius 3 is 2.85 bits per heavy atom. The van der Waals surface area contributed by atoms with Gasteiger partial charge in [-0.3, -0.25) is 20.0 Å². The van der Waals surface area contributed by atoms with E-state index in [0.717, 1.165) is 4.88 Å². The van der Waals surface area contributed by atoms with Gasteiger partial charge in [0.05, 0.1) is 15.8 Å². The molecule has 106 valence electrons. The minimum absolute atomic E-state index is 0.183. The van der Waals surface area contributed by atoms with Crippen LogP contribution in [0, 0.1) is 17.0 Å². The number of H-pyrrole nitrogens is 1. The number of amides is 1. The summed E-state index contributed by atoms with van der Waals surface area (Å²) in [5.41, 5.74) is -0.213. The number of nitrogens with one attached hydrogen (secondary N) is 1. The third-order valence-electron chi connectivity index (χ3n) is 2.67. The van der Waals surface area contributed by atoms with Gasteiger partial charge in [-0.05, 0) is 19.1 Å². The molecule has 2 aromatic rings. The molecule has 0 radical (unpaired) electrons. The fraction of sp³-hybridized carbons (Fsp3) is 0.273. The van der Waals surface area contributed by atoms with Crippen molar-refractivity contribution in [2.45, 2.75) is 13.5 Å². The summed E-state index contributed by atoms with van der Waals surface area (Å²) in [5.74, 6) is -0.509. The van der Waals surface area contributed by atoms with Crippen LogP contribution in [0.4, 0.5) is 5.69 Å². The summed E-state index contributed by atoms with van der Waals surface area (Å²) in [5, 5.41) is 17.1. The number of aromatic nitrogens is 2. The van der Waals surface area contributed by atoms with Crippen LogP contribution in [0.25, 0.3) is 0 Å². The molecule has 0 aromatic carbocycles. The first-order valence-electron chi connectivity index (χ1n) is 5.59. The summed E-state index contributed by atoms with van der Waals surface area (Å²) < 4.78 is 0.627. The maximum Gasteiger partial charge on any atom is 0.322 e. The Balaban J connectivity index is 2.21. The number of aryl methyl sites for hydroxylation is 1. The molecule has 0 saturated heterocycles. The van der Waals surface area contributed by atoms with E-state index in [9.17, 15) is 14.9 Å². The van der Waals surface area contributed by atoms with Gasteiger partial charge in [0.1, 0.15) is 5.69 Å². The highest BCUT2D eigenvalue weighted by Crippen LogP contribution is 2.25. The molecule has 0 aliphatic heterocycles. The quantitative estimate of drug-likeness (QED) is 0.693. The molecule has 2 heterocycles. The second-order valence-corrected chi connectivity index (χ2v) is 5.97. The number of hydrogen-bond donors (Lipinski definition) is 1. The normalized spacial score (nSPS) is 10.6. The van der Waals surface area contributed by atoms with Crippen molar-refractivity contribution in [1.29, 1.82) is 0 Å². The molecule has 9 heteroatoms. The van der Waals surface area contributed by atoms with Crippen LogP contribution in [0.3, 0.4) is 0 Å². The van der Waals surface area contributed by atoms with Gasteiger partial charge in [-0.2, -0.15) is 5.10 Å². The predicted molar refractivity (Wildman–Crippen MR) is 75.1 cm³/mol. The van der Waals surface area contributed by atoms with Gasteiger partial charge in [0.15, 0.2) is 0 Å². The first-order valence-corrected chi connectivity index (χ1v) is 6.78. The number of aromatic amines is 1. The highest BCUT2D eigenvalue weighted by atomic mass is 35.5. The van der Waals surface area contributed by atoms with E-state index in [1.807, 2.05) is 0 Å². The first-order chi connectivity index (χ1) is 9.40. The third-order valence-corrected chi connectivity index (χ3v) is 3.88. The Bertz CT molecular complexity index is 666. The minimum atomic E-state index is -0.609. The van der Waals surface area contributed by atoms with E-state index < -0.39 is 10.8 Å². The van der Waals surface area contributed by atoms with Crippen LogP contribution >= 0.6 is 22.9 Å². The Morgan fingerprint density at radius 2 is 2.30 bits per heavy atom. The molecule has 0 aliphatic carbocycles. The zero-order chi connectivity index (χ0) is 14.9. The van der Waals surface area contributed by atoms with Crippen molar-refractivity contribution in [3.8, 4) is 0 Å². The molecule has 0 bridgehead atoms. The predicted octanol–water partition coefficient (Wildman–Crippen LogP) is 2.61. The molecule has 20 heavy (non-hydrogen) atoms. The molecule has 1 N–H and O–H groups in total. The number of carbonyl (C=O) groups is 1. The number of thiophene rings is 1. The number of halogens is 1. The first kappa shape index (κ1) is 14.5. The molecule has 0 fully saturated rings. The maximum atomic E-state index is 12.2. The second-order valence-electron chi connectivity index (χ2n) is 4.17. The van der Waals surface area contributed by atoms with Gasteiger partial charge in [0.25, 0.3) is 5.91 Å². The number of nitro groups is 1. The largest absolute Gasteiger partial charge is 0.335 e. The number of hydrogen-bond acceptors (Lipinski definition) is 5. The average molecular weight is 315 g/mol. The highest BCUT2D eigenvalue weighted by Gasteiger charge is 2.29. The van der Waals surface area contributed by atoms with Gasteiger partial charge in [0.2, 0.25) is 5.69 Å². The summed E-state index contributed by atoms with van der Waals surface area (Å²) in [6, 6.07) is 3.54. The topological polar surface area (TPSA) is 92.1 Å². The van der Waals surface area contributed by atoms with E-state index in [1.165, 1.54) is 23.2 Å². The lowest BCUT2D eigenvalue weighted by Gasteiger charge is -2.14. The van der Waals surface area contributed by atoms with E-state index >= 15 is 0 Å². The van der Waals surface area contributed by atoms with Crippen LogP contribution in [0.5, 0.6) is 0 Å². The summed E-state index contributed by atoms with van der Waals surface area (Å²) in [4.78, 5) is 24.8. The van der Waals surface area contributed by atoms with Crippen LogP contribution in [0.15, 0.2) is 12.1 Å². The molecule has 0 aliphatic rings. The van der Waals surface area contributed by atoms with E-state index in [2.05, 4.69) is 10.2 Å². The summed E-state index contributed by atoms with van der Waals surface area (Å²) in [6.07, 6.45) is 0. The van der Waals surface area contributed by atoms with Crippen molar-refractivity contribution in [3.63, 3.8) is 0 Å². The smallest absolute Gasteiger partial charge is 0.322 e. The molecule has 7 nitrogen and oxygen atoms in total. The molecular weight excluding hydrogens is 304 g/mol. The van der Waals surface area contributed by atoms with E-state index in [4.69, 9.17) is 11.6 Å². The summed E-state index contributed by atoms with van der Waals surface area (Å²) >= 11 is 7.17. The van der Waals surface area contributed by atoms with Crippen molar-refractivity contribution >= 4 is 34.5 Å². The molecule has 2 rings (SSSR count). The standard InChI is InChI=1S/C11H11ClN4O3S/c1-6-10(16(18)19)9(14-13-6)11(17)15(2)5-7-3-4-8(12)20-7/h3-4H,5H2,1-2H3,(H,13,14). The average Bonchev–Trinajstić information content (AvgIpc) is 2.94. The van der Waals surface area contributed by atoms with Crippen molar-refractivity contribution in [2.75, 3.05) is 7.05 Å². The molecule has 1 amide bonds. The van der Waals surface area contributed by atoms with Gasteiger partial charge in [-0.15, -0.1) is 11.3 Å². The molecule has 0 spiro atoms. The van der Waals surface area contributed by atoms with Crippen molar-refractivity contribution < 1.29 is 9.72 Å². The maximum absolute atomic E-state index is 12.2. The lowest BCUT2D eigenvalue weighted by atomic mass is 10.2. The fourth-order valence-corrected chi connectivity index (χ4v) is 2.86. The van der Waals surface area contributed by atoms with Crippen LogP contribution < -0.4 is 0 Å². The minimum Gasteiger partial charge on any atom is -0.335 e. The van der Waals surface area contributed by atoms with Crippen LogP contribution in [0.2, 0.25) is 4.34 Å². The SMILES string of the molecule is Cc1[nH]nc(C(=O)N(C)Cc2ccc(Cl)s2)c1[N+](=O)[O-]. The van der Waals surface area contributed by atoms with Crippen LogP contribution in [-0.2, 0) is 6.54 Å². The summed E-state index contributed by atoms with van der Waals surface area (Å²) in [6.45, 7) is 1.82. The number of rotatable bonds is 4. The molecule has 0 atom stereocenters. The molecular formula is C11H11ClN4O3S. The van der Waals surface area contributed by atoms with E-state index in [-0.39, 0.29) is 17.1 Å². The summed E-state index contributed by atoms with van der Waals surface area (Å²) in [7, 11) is 1.56. The Morgan fingerprint density at radius 1 is 1.60 bits per heavy atom. The second kappa shape index (κ2) is 5.59. The van der Waals surface area contributed by atoms with Crippen molar-refractivity contribution in [3.05, 3.63) is 42.8 Å². The van der Waals surface area contributed by atoms with E-state index in [0.29, 0.717) is 10.9 Å². The van der Waals surface area contributed by atoms with Gasteiger partial charge in [0, 0.05) is 11.9 Å². The fourth-order valence-electron chi connectivity index (χ4n) is 1.72. The van der Waals surface area contributed by atoms with Gasteiger partial charge >= 0.3 is 5.69 Å².